The smallest absolute Gasteiger partial charge is 0.289 e. The normalized spacial score (nSPS) is 11.1. The molecule has 0 aliphatic rings. The highest BCUT2D eigenvalue weighted by atomic mass is 35.5. The molecule has 0 radical (unpaired) electrons. The summed E-state index contributed by atoms with van der Waals surface area (Å²) in [5, 5.41) is 11.9. The fraction of sp³-hybridized carbons (Fsp3) is 0.320. The van der Waals surface area contributed by atoms with Crippen molar-refractivity contribution in [2.45, 2.75) is 45.4 Å². The van der Waals surface area contributed by atoms with Crippen LogP contribution in [0.15, 0.2) is 53.6 Å². The number of H-pyrrole nitrogens is 1. The Labute approximate surface area is 204 Å². The number of nitrogens with zero attached hydrogens (tertiary/aromatic N) is 2. The SMILES string of the molecule is CCCCCCCCOc1ccc(-c2cc(C(=O)N/N=C/c3ccc(Cl)cc3Cl)[nH]n2)cc1. The Balaban J connectivity index is 1.48. The number of aromatic nitrogens is 2. The molecule has 2 aromatic carbocycles. The molecule has 2 N–H and O–H groups in total. The quantitative estimate of drug-likeness (QED) is 0.166. The minimum Gasteiger partial charge on any atom is -0.494 e. The summed E-state index contributed by atoms with van der Waals surface area (Å²) in [7, 11) is 0. The van der Waals surface area contributed by atoms with Gasteiger partial charge in [0.15, 0.2) is 0 Å². The van der Waals surface area contributed by atoms with E-state index in [0.717, 1.165) is 24.3 Å². The summed E-state index contributed by atoms with van der Waals surface area (Å²) in [5.74, 6) is 0.421. The van der Waals surface area contributed by atoms with E-state index in [0.29, 0.717) is 27.0 Å². The number of ether oxygens (including phenoxy) is 1. The Morgan fingerprint density at radius 1 is 1.06 bits per heavy atom. The van der Waals surface area contributed by atoms with Crippen LogP contribution in [0.2, 0.25) is 10.0 Å². The largest absolute Gasteiger partial charge is 0.494 e. The molecule has 33 heavy (non-hydrogen) atoms. The molecule has 174 valence electrons. The van der Waals surface area contributed by atoms with Crippen LogP contribution in [-0.2, 0) is 0 Å². The topological polar surface area (TPSA) is 79.4 Å². The van der Waals surface area contributed by atoms with Gasteiger partial charge in [-0.2, -0.15) is 10.2 Å². The maximum atomic E-state index is 12.3. The highest BCUT2D eigenvalue weighted by Gasteiger charge is 2.11. The van der Waals surface area contributed by atoms with Crippen molar-refractivity contribution in [1.82, 2.24) is 15.6 Å². The van der Waals surface area contributed by atoms with E-state index >= 15 is 0 Å². The van der Waals surface area contributed by atoms with Gasteiger partial charge in [0.2, 0.25) is 0 Å². The zero-order valence-corrected chi connectivity index (χ0v) is 20.1. The van der Waals surface area contributed by atoms with E-state index in [9.17, 15) is 4.79 Å². The second kappa shape index (κ2) is 13.0. The van der Waals surface area contributed by atoms with E-state index < -0.39 is 5.91 Å². The Hall–Kier alpha value is -2.83. The number of hydrazone groups is 1. The second-order valence-corrected chi connectivity index (χ2v) is 8.52. The van der Waals surface area contributed by atoms with E-state index in [-0.39, 0.29) is 0 Å². The van der Waals surface area contributed by atoms with Crippen LogP contribution in [0, 0.1) is 0 Å². The highest BCUT2D eigenvalue weighted by molar-refractivity contribution is 6.36. The molecule has 6 nitrogen and oxygen atoms in total. The van der Waals surface area contributed by atoms with Gasteiger partial charge in [-0.3, -0.25) is 9.89 Å². The van der Waals surface area contributed by atoms with E-state index in [4.69, 9.17) is 27.9 Å². The Kier molecular flexibility index (Phi) is 9.78. The molecule has 0 aliphatic carbocycles. The number of halogens is 2. The maximum Gasteiger partial charge on any atom is 0.289 e. The minimum absolute atomic E-state index is 0.299. The number of amides is 1. The van der Waals surface area contributed by atoms with Crippen LogP contribution >= 0.6 is 23.2 Å². The summed E-state index contributed by atoms with van der Waals surface area (Å²) in [6.45, 7) is 2.95. The van der Waals surface area contributed by atoms with Gasteiger partial charge in [-0.05, 0) is 48.9 Å². The molecule has 1 aromatic heterocycles. The predicted molar refractivity (Wildman–Crippen MR) is 134 cm³/mol. The molecule has 0 bridgehead atoms. The van der Waals surface area contributed by atoms with E-state index in [2.05, 4.69) is 27.6 Å². The van der Waals surface area contributed by atoms with Gasteiger partial charge in [0.1, 0.15) is 11.4 Å². The number of hydrogen-bond donors (Lipinski definition) is 2. The molecule has 0 fully saturated rings. The summed E-state index contributed by atoms with van der Waals surface area (Å²) >= 11 is 12.0. The van der Waals surface area contributed by atoms with Crippen LogP contribution in [0.1, 0.15) is 61.5 Å². The van der Waals surface area contributed by atoms with Crippen LogP contribution < -0.4 is 10.2 Å². The van der Waals surface area contributed by atoms with E-state index in [1.54, 1.807) is 24.3 Å². The third kappa shape index (κ3) is 7.91. The number of unbranched alkanes of at least 4 members (excludes halogenated alkanes) is 5. The van der Waals surface area contributed by atoms with Crippen LogP contribution in [0.4, 0.5) is 0 Å². The molecule has 8 heteroatoms. The lowest BCUT2D eigenvalue weighted by atomic mass is 10.1. The number of rotatable bonds is 12. The van der Waals surface area contributed by atoms with Gasteiger partial charge in [0.25, 0.3) is 5.91 Å². The number of carbonyl (C=O) groups excluding carboxylic acids is 1. The summed E-state index contributed by atoms with van der Waals surface area (Å²) < 4.78 is 5.82. The van der Waals surface area contributed by atoms with Crippen molar-refractivity contribution in [2.75, 3.05) is 6.61 Å². The number of nitrogens with one attached hydrogen (secondary N) is 2. The molecule has 0 saturated heterocycles. The fourth-order valence-corrected chi connectivity index (χ4v) is 3.66. The molecule has 1 heterocycles. The zero-order chi connectivity index (χ0) is 23.5. The molecule has 0 aliphatic heterocycles. The molecule has 3 rings (SSSR count). The average Bonchev–Trinajstić information content (AvgIpc) is 3.31. The lowest BCUT2D eigenvalue weighted by Gasteiger charge is -2.06. The molecule has 1 amide bonds. The Morgan fingerprint density at radius 2 is 1.82 bits per heavy atom. The summed E-state index contributed by atoms with van der Waals surface area (Å²) in [6, 6.07) is 14.4. The highest BCUT2D eigenvalue weighted by Crippen LogP contribution is 2.22. The average molecular weight is 487 g/mol. The monoisotopic (exact) mass is 486 g/mol. The lowest BCUT2D eigenvalue weighted by Crippen LogP contribution is -2.18. The van der Waals surface area contributed by atoms with Crippen molar-refractivity contribution in [2.24, 2.45) is 5.10 Å². The first-order valence-electron chi connectivity index (χ1n) is 11.1. The first-order chi connectivity index (χ1) is 16.1. The van der Waals surface area contributed by atoms with Crippen LogP contribution in [0.3, 0.4) is 0 Å². The van der Waals surface area contributed by atoms with Gasteiger partial charge in [-0.25, -0.2) is 5.43 Å². The molecule has 0 spiro atoms. The van der Waals surface area contributed by atoms with Crippen molar-refractivity contribution < 1.29 is 9.53 Å². The Morgan fingerprint density at radius 3 is 2.58 bits per heavy atom. The van der Waals surface area contributed by atoms with Crippen molar-refractivity contribution in [3.05, 3.63) is 69.8 Å². The van der Waals surface area contributed by atoms with Crippen LogP contribution in [0.5, 0.6) is 5.75 Å². The van der Waals surface area contributed by atoms with Crippen LogP contribution in [-0.4, -0.2) is 28.9 Å². The van der Waals surface area contributed by atoms with Gasteiger partial charge >= 0.3 is 0 Å². The van der Waals surface area contributed by atoms with Gasteiger partial charge in [0.05, 0.1) is 23.5 Å². The van der Waals surface area contributed by atoms with Gasteiger partial charge in [0, 0.05) is 16.1 Å². The number of benzene rings is 2. The lowest BCUT2D eigenvalue weighted by molar-refractivity contribution is 0.0950. The second-order valence-electron chi connectivity index (χ2n) is 7.67. The minimum atomic E-state index is -0.408. The first kappa shape index (κ1) is 24.8. The van der Waals surface area contributed by atoms with Gasteiger partial charge in [-0.15, -0.1) is 0 Å². The van der Waals surface area contributed by atoms with Gasteiger partial charge < -0.3 is 4.74 Å². The van der Waals surface area contributed by atoms with Crippen LogP contribution in [0.25, 0.3) is 11.3 Å². The standard InChI is InChI=1S/C25H28Cl2N4O2/c1-2-3-4-5-6-7-14-33-21-12-9-18(10-13-21)23-16-24(30-29-23)25(32)31-28-17-19-8-11-20(26)15-22(19)27/h8-13,15-17H,2-7,14H2,1H3,(H,29,30)(H,31,32)/b28-17+. The van der Waals surface area contributed by atoms with Crippen molar-refractivity contribution in [1.29, 1.82) is 0 Å². The zero-order valence-electron chi connectivity index (χ0n) is 18.6. The molecule has 3 aromatic rings. The number of carbonyl (C=O) groups is 1. The van der Waals surface area contributed by atoms with Crippen molar-refractivity contribution in [3.63, 3.8) is 0 Å². The fourth-order valence-electron chi connectivity index (χ4n) is 3.21. The van der Waals surface area contributed by atoms with E-state index in [1.165, 1.54) is 38.3 Å². The summed E-state index contributed by atoms with van der Waals surface area (Å²) in [6.07, 6.45) is 8.87. The molecular formula is C25H28Cl2N4O2. The maximum absolute atomic E-state index is 12.3. The summed E-state index contributed by atoms with van der Waals surface area (Å²) in [4.78, 5) is 12.3. The Bertz CT molecular complexity index is 1060. The molecular weight excluding hydrogens is 459 g/mol. The van der Waals surface area contributed by atoms with Crippen molar-refractivity contribution in [3.8, 4) is 17.0 Å². The first-order valence-corrected chi connectivity index (χ1v) is 11.9. The van der Waals surface area contributed by atoms with E-state index in [1.807, 2.05) is 24.3 Å². The predicted octanol–water partition coefficient (Wildman–Crippen LogP) is 6.89. The summed E-state index contributed by atoms with van der Waals surface area (Å²) in [5.41, 5.74) is 4.94. The molecule has 0 atom stereocenters. The third-order valence-electron chi connectivity index (χ3n) is 5.07. The molecule has 0 unspecified atom stereocenters. The third-order valence-corrected chi connectivity index (χ3v) is 5.63. The van der Waals surface area contributed by atoms with Crippen molar-refractivity contribution >= 4 is 35.3 Å². The van der Waals surface area contributed by atoms with Gasteiger partial charge in [-0.1, -0.05) is 68.3 Å². The number of aromatic amines is 1. The molecule has 0 saturated carbocycles. The number of hydrogen-bond acceptors (Lipinski definition) is 4.